The molecule has 140 valence electrons. The first-order valence-electron chi connectivity index (χ1n) is 9.39. The molecule has 1 saturated carbocycles. The fraction of sp³-hybridized carbons (Fsp3) is 0.579. The summed E-state index contributed by atoms with van der Waals surface area (Å²) in [6.07, 6.45) is 3.75. The van der Waals surface area contributed by atoms with Crippen LogP contribution in [0.4, 0.5) is 10.5 Å². The van der Waals surface area contributed by atoms with Crippen molar-refractivity contribution in [1.82, 2.24) is 10.2 Å². The Kier molecular flexibility index (Phi) is 5.08. The van der Waals surface area contributed by atoms with E-state index in [9.17, 15) is 9.59 Å². The summed E-state index contributed by atoms with van der Waals surface area (Å²) in [6, 6.07) is 7.21. The van der Waals surface area contributed by atoms with Gasteiger partial charge in [-0.15, -0.1) is 0 Å². The minimum Gasteiger partial charge on any atom is -0.350 e. The van der Waals surface area contributed by atoms with Crippen LogP contribution in [-0.4, -0.2) is 55.5 Å². The van der Waals surface area contributed by atoms with Gasteiger partial charge in [-0.05, 0) is 43.9 Å². The van der Waals surface area contributed by atoms with Crippen LogP contribution in [0.25, 0.3) is 0 Å². The molecule has 1 aliphatic carbocycles. The lowest BCUT2D eigenvalue weighted by Crippen LogP contribution is -2.41. The molecule has 26 heavy (non-hydrogen) atoms. The Hall–Kier alpha value is -2.12. The number of nitrogens with one attached hydrogen (secondary N) is 2. The molecule has 7 heteroatoms. The maximum Gasteiger partial charge on any atom is 0.319 e. The van der Waals surface area contributed by atoms with E-state index in [0.29, 0.717) is 49.5 Å². The number of anilines is 1. The molecule has 3 aliphatic rings. The second kappa shape index (κ2) is 7.63. The molecule has 0 aromatic heterocycles. The number of likely N-dealkylation sites (tertiary alicyclic amines) is 1. The maximum absolute atomic E-state index is 12.8. The summed E-state index contributed by atoms with van der Waals surface area (Å²) in [5.41, 5.74) is 1.23. The molecule has 3 amide bonds. The Balaban J connectivity index is 1.32. The SMILES string of the molecule is O=C(Nc1cccc(C(=O)N2CCC(C3OCCO3)CC2)c1)NC1CC1. The van der Waals surface area contributed by atoms with Crippen LogP contribution in [0, 0.1) is 5.92 Å². The Morgan fingerprint density at radius 3 is 2.46 bits per heavy atom. The number of urea groups is 1. The van der Waals surface area contributed by atoms with Gasteiger partial charge in [0.2, 0.25) is 0 Å². The number of rotatable bonds is 4. The van der Waals surface area contributed by atoms with Crippen molar-refractivity contribution in [2.24, 2.45) is 5.92 Å². The zero-order chi connectivity index (χ0) is 17.9. The molecule has 0 bridgehead atoms. The van der Waals surface area contributed by atoms with E-state index in [1.165, 1.54) is 0 Å². The Labute approximate surface area is 153 Å². The van der Waals surface area contributed by atoms with E-state index >= 15 is 0 Å². The second-order valence-corrected chi connectivity index (χ2v) is 7.19. The first kappa shape index (κ1) is 17.3. The first-order chi connectivity index (χ1) is 12.7. The molecule has 0 atom stereocenters. The van der Waals surface area contributed by atoms with Crippen molar-refractivity contribution >= 4 is 17.6 Å². The number of piperidine rings is 1. The van der Waals surface area contributed by atoms with Crippen molar-refractivity contribution in [2.45, 2.75) is 38.0 Å². The van der Waals surface area contributed by atoms with Gasteiger partial charge in [0.25, 0.3) is 5.91 Å². The molecule has 0 radical (unpaired) electrons. The van der Waals surface area contributed by atoms with E-state index in [1.54, 1.807) is 24.3 Å². The molecule has 2 aliphatic heterocycles. The molecular weight excluding hydrogens is 334 g/mol. The standard InChI is InChI=1S/C19H25N3O4/c23-17(22-8-6-13(7-9-22)18-25-10-11-26-18)14-2-1-3-16(12-14)21-19(24)20-15-4-5-15/h1-3,12-13,15,18H,4-11H2,(H2,20,21,24). The summed E-state index contributed by atoms with van der Waals surface area (Å²) in [4.78, 5) is 26.5. The monoisotopic (exact) mass is 359 g/mol. The van der Waals surface area contributed by atoms with Gasteiger partial charge in [-0.25, -0.2) is 4.79 Å². The third-order valence-corrected chi connectivity index (χ3v) is 5.14. The van der Waals surface area contributed by atoms with Gasteiger partial charge in [-0.1, -0.05) is 6.07 Å². The molecule has 4 rings (SSSR count). The van der Waals surface area contributed by atoms with Crippen molar-refractivity contribution in [3.05, 3.63) is 29.8 Å². The molecule has 2 heterocycles. The zero-order valence-electron chi connectivity index (χ0n) is 14.8. The summed E-state index contributed by atoms with van der Waals surface area (Å²) in [7, 11) is 0. The molecule has 1 aromatic carbocycles. The maximum atomic E-state index is 12.8. The average molecular weight is 359 g/mol. The van der Waals surface area contributed by atoms with Crippen LogP contribution in [-0.2, 0) is 9.47 Å². The Morgan fingerprint density at radius 2 is 1.77 bits per heavy atom. The summed E-state index contributed by atoms with van der Waals surface area (Å²) < 4.78 is 11.2. The molecule has 2 N–H and O–H groups in total. The van der Waals surface area contributed by atoms with Crippen LogP contribution in [0.15, 0.2) is 24.3 Å². The first-order valence-corrected chi connectivity index (χ1v) is 9.39. The number of nitrogens with zero attached hydrogens (tertiary/aromatic N) is 1. The van der Waals surface area contributed by atoms with Gasteiger partial charge in [0.05, 0.1) is 13.2 Å². The quantitative estimate of drug-likeness (QED) is 0.864. The number of hydrogen-bond acceptors (Lipinski definition) is 4. The molecule has 1 aromatic rings. The third-order valence-electron chi connectivity index (χ3n) is 5.14. The summed E-state index contributed by atoms with van der Waals surface area (Å²) in [5.74, 6) is 0.364. The van der Waals surface area contributed by atoms with E-state index in [2.05, 4.69) is 10.6 Å². The highest BCUT2D eigenvalue weighted by Crippen LogP contribution is 2.27. The number of carbonyl (C=O) groups excluding carboxylic acids is 2. The molecular formula is C19H25N3O4. The third kappa shape index (κ3) is 4.16. The fourth-order valence-corrected chi connectivity index (χ4v) is 3.52. The fourth-order valence-electron chi connectivity index (χ4n) is 3.52. The second-order valence-electron chi connectivity index (χ2n) is 7.19. The lowest BCUT2D eigenvalue weighted by Gasteiger charge is -2.34. The minimum atomic E-state index is -0.213. The predicted octanol–water partition coefficient (Wildman–Crippen LogP) is 2.20. The number of ether oxygens (including phenoxy) is 2. The van der Waals surface area contributed by atoms with Gasteiger partial charge in [0.1, 0.15) is 0 Å². The van der Waals surface area contributed by atoms with E-state index < -0.39 is 0 Å². The van der Waals surface area contributed by atoms with E-state index in [4.69, 9.17) is 9.47 Å². The zero-order valence-corrected chi connectivity index (χ0v) is 14.8. The highest BCUT2D eigenvalue weighted by Gasteiger charge is 2.32. The van der Waals surface area contributed by atoms with Crippen LogP contribution in [0.1, 0.15) is 36.0 Å². The summed E-state index contributed by atoms with van der Waals surface area (Å²) >= 11 is 0. The highest BCUT2D eigenvalue weighted by atomic mass is 16.7. The van der Waals surface area contributed by atoms with Gasteiger partial charge in [0.15, 0.2) is 6.29 Å². The summed E-state index contributed by atoms with van der Waals surface area (Å²) in [5, 5.41) is 5.68. The predicted molar refractivity (Wildman–Crippen MR) is 95.9 cm³/mol. The molecule has 2 saturated heterocycles. The molecule has 0 spiro atoms. The van der Waals surface area contributed by atoms with Crippen LogP contribution in [0.5, 0.6) is 0 Å². The van der Waals surface area contributed by atoms with Gasteiger partial charge in [-0.2, -0.15) is 0 Å². The van der Waals surface area contributed by atoms with Crippen molar-refractivity contribution in [1.29, 1.82) is 0 Å². The number of hydrogen-bond donors (Lipinski definition) is 2. The lowest BCUT2D eigenvalue weighted by molar-refractivity contribution is -0.0956. The van der Waals surface area contributed by atoms with Crippen molar-refractivity contribution in [3.63, 3.8) is 0 Å². The molecule has 7 nitrogen and oxygen atoms in total. The summed E-state index contributed by atoms with van der Waals surface area (Å²) in [6.45, 7) is 2.73. The van der Waals surface area contributed by atoms with Crippen LogP contribution in [0.2, 0.25) is 0 Å². The van der Waals surface area contributed by atoms with Gasteiger partial charge < -0.3 is 25.0 Å². The number of amides is 3. The van der Waals surface area contributed by atoms with Gasteiger partial charge in [0, 0.05) is 36.3 Å². The van der Waals surface area contributed by atoms with E-state index in [0.717, 1.165) is 25.7 Å². The van der Waals surface area contributed by atoms with E-state index in [-0.39, 0.29) is 18.2 Å². The average Bonchev–Trinajstić information content (AvgIpc) is 3.30. The minimum absolute atomic E-state index is 0.00274. The molecule has 0 unspecified atom stereocenters. The Morgan fingerprint density at radius 1 is 1.04 bits per heavy atom. The topological polar surface area (TPSA) is 79.9 Å². The number of benzene rings is 1. The van der Waals surface area contributed by atoms with E-state index in [1.807, 2.05) is 4.90 Å². The van der Waals surface area contributed by atoms with Crippen molar-refractivity contribution in [2.75, 3.05) is 31.6 Å². The normalized spacial score (nSPS) is 21.6. The number of carbonyl (C=O) groups is 2. The van der Waals surface area contributed by atoms with Crippen LogP contribution < -0.4 is 10.6 Å². The van der Waals surface area contributed by atoms with Crippen molar-refractivity contribution in [3.8, 4) is 0 Å². The van der Waals surface area contributed by atoms with Gasteiger partial charge in [-0.3, -0.25) is 4.79 Å². The van der Waals surface area contributed by atoms with Crippen LogP contribution >= 0.6 is 0 Å². The lowest BCUT2D eigenvalue weighted by atomic mass is 9.95. The Bertz CT molecular complexity index is 663. The largest absolute Gasteiger partial charge is 0.350 e. The highest BCUT2D eigenvalue weighted by molar-refractivity contribution is 5.97. The smallest absolute Gasteiger partial charge is 0.319 e. The van der Waals surface area contributed by atoms with Crippen LogP contribution in [0.3, 0.4) is 0 Å². The van der Waals surface area contributed by atoms with Crippen molar-refractivity contribution < 1.29 is 19.1 Å². The molecule has 3 fully saturated rings. The van der Waals surface area contributed by atoms with Gasteiger partial charge >= 0.3 is 6.03 Å².